The van der Waals surface area contributed by atoms with Crippen LogP contribution in [0.3, 0.4) is 0 Å². The maximum atomic E-state index is 13.9. The van der Waals surface area contributed by atoms with E-state index in [1.165, 1.54) is 16.5 Å². The van der Waals surface area contributed by atoms with Crippen molar-refractivity contribution in [2.75, 3.05) is 0 Å². The Morgan fingerprint density at radius 2 is 1.85 bits per heavy atom. The van der Waals surface area contributed by atoms with Gasteiger partial charge in [-0.3, -0.25) is 14.9 Å². The molecule has 2 aromatic carbocycles. The Hall–Kier alpha value is -4.03. The van der Waals surface area contributed by atoms with Gasteiger partial charge < -0.3 is 5.11 Å². The summed E-state index contributed by atoms with van der Waals surface area (Å²) in [5.74, 6) is 0. The second-order valence-electron chi connectivity index (χ2n) is 8.67. The van der Waals surface area contributed by atoms with Crippen LogP contribution in [0, 0.1) is 0 Å². The predicted molar refractivity (Wildman–Crippen MR) is 134 cm³/mol. The molecule has 6 nitrogen and oxygen atoms in total. The van der Waals surface area contributed by atoms with Crippen LogP contribution < -0.4 is 5.56 Å². The molecule has 0 bridgehead atoms. The summed E-state index contributed by atoms with van der Waals surface area (Å²) in [5.41, 5.74) is 6.70. The van der Waals surface area contributed by atoms with E-state index >= 15 is 0 Å². The van der Waals surface area contributed by atoms with E-state index in [-0.39, 0.29) is 12.2 Å². The molecule has 168 valence electrons. The van der Waals surface area contributed by atoms with Crippen molar-refractivity contribution in [2.24, 2.45) is 0 Å². The molecule has 0 fully saturated rings. The van der Waals surface area contributed by atoms with E-state index in [4.69, 9.17) is 4.98 Å². The van der Waals surface area contributed by atoms with Crippen molar-refractivity contribution in [3.05, 3.63) is 94.5 Å². The molecule has 0 radical (unpaired) electrons. The highest BCUT2D eigenvalue weighted by atomic mass is 16.3. The van der Waals surface area contributed by atoms with E-state index in [9.17, 15) is 9.90 Å². The molecule has 1 aliphatic rings. The molecule has 0 amide bonds. The SMILES string of the molecule is O=c1c(-c2ccc3ncccc3c2)c(CO)nc2c(C3=CCCCC3)c(-c3ccccc3)[nH]n12. The van der Waals surface area contributed by atoms with Gasteiger partial charge in [-0.25, -0.2) is 4.98 Å². The highest BCUT2D eigenvalue weighted by Gasteiger charge is 2.24. The van der Waals surface area contributed by atoms with Crippen molar-refractivity contribution in [1.29, 1.82) is 0 Å². The third kappa shape index (κ3) is 3.35. The molecule has 3 aromatic heterocycles. The van der Waals surface area contributed by atoms with Gasteiger partial charge in [-0.15, -0.1) is 0 Å². The van der Waals surface area contributed by atoms with Crippen molar-refractivity contribution in [3.8, 4) is 22.4 Å². The van der Waals surface area contributed by atoms with Crippen LogP contribution in [0.5, 0.6) is 0 Å². The van der Waals surface area contributed by atoms with Crippen LogP contribution in [-0.4, -0.2) is 24.7 Å². The van der Waals surface area contributed by atoms with Gasteiger partial charge in [-0.05, 0) is 55.0 Å². The van der Waals surface area contributed by atoms with E-state index in [2.05, 4.69) is 16.2 Å². The second-order valence-corrected chi connectivity index (χ2v) is 8.67. The number of aliphatic hydroxyl groups is 1. The molecule has 1 aliphatic carbocycles. The molecule has 0 spiro atoms. The monoisotopic (exact) mass is 448 g/mol. The molecular formula is C28H24N4O2. The molecule has 0 aliphatic heterocycles. The second kappa shape index (κ2) is 8.39. The fourth-order valence-electron chi connectivity index (χ4n) is 4.93. The summed E-state index contributed by atoms with van der Waals surface area (Å²) >= 11 is 0. The minimum Gasteiger partial charge on any atom is -0.390 e. The maximum absolute atomic E-state index is 13.9. The van der Waals surface area contributed by atoms with Crippen LogP contribution in [0.15, 0.2) is 77.7 Å². The lowest BCUT2D eigenvalue weighted by atomic mass is 9.92. The Morgan fingerprint density at radius 1 is 0.971 bits per heavy atom. The lowest BCUT2D eigenvalue weighted by Gasteiger charge is -2.14. The van der Waals surface area contributed by atoms with Gasteiger partial charge in [0.25, 0.3) is 5.56 Å². The third-order valence-corrected chi connectivity index (χ3v) is 6.57. The van der Waals surface area contributed by atoms with Crippen LogP contribution in [-0.2, 0) is 6.61 Å². The van der Waals surface area contributed by atoms with Crippen LogP contribution in [0.2, 0.25) is 0 Å². The summed E-state index contributed by atoms with van der Waals surface area (Å²) in [5, 5.41) is 14.5. The zero-order valence-electron chi connectivity index (χ0n) is 18.7. The number of pyridine rings is 1. The molecule has 3 heterocycles. The predicted octanol–water partition coefficient (Wildman–Crippen LogP) is 5.35. The van der Waals surface area contributed by atoms with Gasteiger partial charge in [-0.2, -0.15) is 4.52 Å². The van der Waals surface area contributed by atoms with Gasteiger partial charge in [0.15, 0.2) is 5.65 Å². The van der Waals surface area contributed by atoms with Crippen molar-refractivity contribution in [2.45, 2.75) is 32.3 Å². The Morgan fingerprint density at radius 3 is 2.65 bits per heavy atom. The fraction of sp³-hybridized carbons (Fsp3) is 0.179. The molecule has 5 aromatic rings. The largest absolute Gasteiger partial charge is 0.390 e. The van der Waals surface area contributed by atoms with Crippen LogP contribution in [0.4, 0.5) is 0 Å². The first-order valence-corrected chi connectivity index (χ1v) is 11.6. The number of H-pyrrole nitrogens is 1. The number of aromatic nitrogens is 4. The van der Waals surface area contributed by atoms with Crippen molar-refractivity contribution in [1.82, 2.24) is 19.6 Å². The first-order chi connectivity index (χ1) is 16.7. The summed E-state index contributed by atoms with van der Waals surface area (Å²) in [7, 11) is 0. The van der Waals surface area contributed by atoms with Gasteiger partial charge in [-0.1, -0.05) is 48.5 Å². The van der Waals surface area contributed by atoms with Gasteiger partial charge >= 0.3 is 0 Å². The summed E-state index contributed by atoms with van der Waals surface area (Å²) in [6.07, 6.45) is 8.24. The number of allylic oxidation sites excluding steroid dienone is 2. The zero-order chi connectivity index (χ0) is 23.1. The number of aliphatic hydroxyl groups excluding tert-OH is 1. The summed E-state index contributed by atoms with van der Waals surface area (Å²) in [4.78, 5) is 23.1. The molecule has 0 atom stereocenters. The normalized spacial score (nSPS) is 14.0. The van der Waals surface area contributed by atoms with Crippen molar-refractivity contribution in [3.63, 3.8) is 0 Å². The van der Waals surface area contributed by atoms with E-state index in [0.717, 1.165) is 47.0 Å². The van der Waals surface area contributed by atoms with Crippen LogP contribution in [0.1, 0.15) is 36.9 Å². The number of hydrogen-bond donors (Lipinski definition) is 2. The summed E-state index contributed by atoms with van der Waals surface area (Å²) in [6, 6.07) is 19.5. The number of benzene rings is 2. The first-order valence-electron chi connectivity index (χ1n) is 11.6. The minimum atomic E-state index is -0.323. The van der Waals surface area contributed by atoms with Gasteiger partial charge in [0.1, 0.15) is 0 Å². The van der Waals surface area contributed by atoms with E-state index in [0.29, 0.717) is 22.5 Å². The number of nitrogens with one attached hydrogen (secondary N) is 1. The Kier molecular flexibility index (Phi) is 5.08. The molecule has 6 rings (SSSR count). The van der Waals surface area contributed by atoms with Gasteiger partial charge in [0.2, 0.25) is 0 Å². The molecular weight excluding hydrogens is 424 g/mol. The number of hydrogen-bond acceptors (Lipinski definition) is 4. The summed E-state index contributed by atoms with van der Waals surface area (Å²) in [6.45, 7) is -0.323. The average Bonchev–Trinajstić information content (AvgIpc) is 3.29. The number of rotatable bonds is 4. The third-order valence-electron chi connectivity index (χ3n) is 6.57. The molecule has 0 saturated heterocycles. The fourth-order valence-corrected chi connectivity index (χ4v) is 4.93. The van der Waals surface area contributed by atoms with Crippen LogP contribution in [0.25, 0.3) is 44.5 Å². The quantitative estimate of drug-likeness (QED) is 0.388. The van der Waals surface area contributed by atoms with Crippen molar-refractivity contribution < 1.29 is 5.11 Å². The maximum Gasteiger partial charge on any atom is 0.280 e. The Bertz CT molecular complexity index is 1610. The number of aromatic amines is 1. The van der Waals surface area contributed by atoms with E-state index in [1.54, 1.807) is 6.20 Å². The Balaban J connectivity index is 1.65. The van der Waals surface area contributed by atoms with Gasteiger partial charge in [0.05, 0.1) is 29.1 Å². The van der Waals surface area contributed by atoms with Crippen LogP contribution >= 0.6 is 0 Å². The molecule has 0 unspecified atom stereocenters. The lowest BCUT2D eigenvalue weighted by Crippen LogP contribution is -2.20. The topological polar surface area (TPSA) is 83.3 Å². The minimum absolute atomic E-state index is 0.225. The highest BCUT2D eigenvalue weighted by molar-refractivity contribution is 5.89. The standard InChI is InChI=1S/C28H24N4O2/c33-17-23-24(21-13-14-22-20(16-21)12-7-15-29-22)28(34)32-27(30-23)25(18-8-3-1-4-9-18)26(31-32)19-10-5-2-6-11-19/h2,5-8,10-16,31,33H,1,3-4,9,17H2. The van der Waals surface area contributed by atoms with Crippen molar-refractivity contribution >= 4 is 22.1 Å². The van der Waals surface area contributed by atoms with E-state index < -0.39 is 0 Å². The first kappa shape index (κ1) is 20.6. The summed E-state index contributed by atoms with van der Waals surface area (Å²) < 4.78 is 1.54. The molecule has 2 N–H and O–H groups in total. The molecule has 6 heteroatoms. The average molecular weight is 449 g/mol. The number of fused-ring (bicyclic) bond motifs is 2. The van der Waals surface area contributed by atoms with Gasteiger partial charge in [0, 0.05) is 22.7 Å². The number of nitrogens with zero attached hydrogens (tertiary/aromatic N) is 3. The highest BCUT2D eigenvalue weighted by Crippen LogP contribution is 2.36. The zero-order valence-corrected chi connectivity index (χ0v) is 18.7. The van der Waals surface area contributed by atoms with E-state index in [1.807, 2.05) is 60.7 Å². The molecule has 0 saturated carbocycles. The lowest BCUT2D eigenvalue weighted by molar-refractivity contribution is 0.277. The Labute approximate surface area is 196 Å². The molecule has 34 heavy (non-hydrogen) atoms. The smallest absolute Gasteiger partial charge is 0.280 e.